The molecule has 0 saturated heterocycles. The molecule has 0 bridgehead atoms. The highest BCUT2D eigenvalue weighted by Gasteiger charge is 2.12. The van der Waals surface area contributed by atoms with Gasteiger partial charge in [0, 0.05) is 5.69 Å². The van der Waals surface area contributed by atoms with Gasteiger partial charge in [-0.05, 0) is 18.6 Å². The fraction of sp³-hybridized carbons (Fsp3) is 0.222. The number of aromatic nitrogens is 3. The number of carboxylic acids is 1. The SMILES string of the molecule is Cc1cc(CC(=O)O)c2c(=O)[nH]cnn12. The molecule has 0 aromatic carbocycles. The molecule has 2 aromatic rings. The lowest BCUT2D eigenvalue weighted by Gasteiger charge is -1.95. The second-order valence-electron chi connectivity index (χ2n) is 3.26. The van der Waals surface area contributed by atoms with Gasteiger partial charge in [0.05, 0.1) is 6.42 Å². The minimum absolute atomic E-state index is 0.174. The summed E-state index contributed by atoms with van der Waals surface area (Å²) in [4.78, 5) is 24.5. The van der Waals surface area contributed by atoms with Gasteiger partial charge in [-0.3, -0.25) is 9.59 Å². The number of nitrogens with zero attached hydrogens (tertiary/aromatic N) is 2. The Kier molecular flexibility index (Phi) is 2.03. The van der Waals surface area contributed by atoms with Crippen LogP contribution in [0.2, 0.25) is 0 Å². The zero-order valence-electron chi connectivity index (χ0n) is 8.02. The van der Waals surface area contributed by atoms with Gasteiger partial charge in [-0.1, -0.05) is 0 Å². The predicted molar refractivity (Wildman–Crippen MR) is 51.9 cm³/mol. The molecule has 0 saturated carbocycles. The van der Waals surface area contributed by atoms with Crippen LogP contribution in [0.4, 0.5) is 0 Å². The van der Waals surface area contributed by atoms with Crippen molar-refractivity contribution >= 4 is 11.5 Å². The van der Waals surface area contributed by atoms with Gasteiger partial charge in [0.1, 0.15) is 11.8 Å². The quantitative estimate of drug-likeness (QED) is 0.723. The summed E-state index contributed by atoms with van der Waals surface area (Å²) in [5.41, 5.74) is 1.20. The summed E-state index contributed by atoms with van der Waals surface area (Å²) in [7, 11) is 0. The first-order valence-electron chi connectivity index (χ1n) is 4.36. The number of aromatic amines is 1. The summed E-state index contributed by atoms with van der Waals surface area (Å²) in [6, 6.07) is 1.66. The molecule has 0 aliphatic heterocycles. The van der Waals surface area contributed by atoms with Crippen molar-refractivity contribution in [3.05, 3.63) is 34.0 Å². The van der Waals surface area contributed by atoms with Gasteiger partial charge in [0.15, 0.2) is 0 Å². The van der Waals surface area contributed by atoms with Crippen LogP contribution in [0, 0.1) is 6.92 Å². The summed E-state index contributed by atoms with van der Waals surface area (Å²) in [6.07, 6.45) is 1.11. The first-order chi connectivity index (χ1) is 7.09. The monoisotopic (exact) mass is 207 g/mol. The fourth-order valence-electron chi connectivity index (χ4n) is 1.60. The van der Waals surface area contributed by atoms with Crippen LogP contribution in [0.1, 0.15) is 11.3 Å². The highest BCUT2D eigenvalue weighted by atomic mass is 16.4. The highest BCUT2D eigenvalue weighted by Crippen LogP contribution is 2.11. The van der Waals surface area contributed by atoms with E-state index in [2.05, 4.69) is 10.1 Å². The van der Waals surface area contributed by atoms with E-state index >= 15 is 0 Å². The average molecular weight is 207 g/mol. The molecule has 6 heteroatoms. The molecule has 0 atom stereocenters. The van der Waals surface area contributed by atoms with Crippen LogP contribution in [0.15, 0.2) is 17.2 Å². The van der Waals surface area contributed by atoms with Gasteiger partial charge in [0.2, 0.25) is 0 Å². The largest absolute Gasteiger partial charge is 0.481 e. The maximum atomic E-state index is 11.5. The molecule has 0 fully saturated rings. The Morgan fingerprint density at radius 1 is 1.67 bits per heavy atom. The molecular weight excluding hydrogens is 198 g/mol. The highest BCUT2D eigenvalue weighted by molar-refractivity contribution is 5.74. The van der Waals surface area contributed by atoms with Crippen molar-refractivity contribution in [2.75, 3.05) is 0 Å². The van der Waals surface area contributed by atoms with E-state index in [-0.39, 0.29) is 12.0 Å². The van der Waals surface area contributed by atoms with Crippen molar-refractivity contribution in [1.29, 1.82) is 0 Å². The fourth-order valence-corrected chi connectivity index (χ4v) is 1.60. The first-order valence-corrected chi connectivity index (χ1v) is 4.36. The molecule has 2 N–H and O–H groups in total. The molecule has 0 unspecified atom stereocenters. The molecule has 0 radical (unpaired) electrons. The molecule has 2 heterocycles. The van der Waals surface area contributed by atoms with Crippen molar-refractivity contribution in [2.45, 2.75) is 13.3 Å². The lowest BCUT2D eigenvalue weighted by molar-refractivity contribution is -0.136. The van der Waals surface area contributed by atoms with Gasteiger partial charge < -0.3 is 10.1 Å². The molecule has 6 nitrogen and oxygen atoms in total. The average Bonchev–Trinajstić information content (AvgIpc) is 2.44. The van der Waals surface area contributed by atoms with Crippen molar-refractivity contribution in [3.8, 4) is 0 Å². The van der Waals surface area contributed by atoms with E-state index in [1.165, 1.54) is 10.8 Å². The number of aliphatic carboxylic acids is 1. The van der Waals surface area contributed by atoms with Crippen LogP contribution in [0.25, 0.3) is 5.52 Å². The molecule has 0 amide bonds. The molecule has 2 aromatic heterocycles. The first kappa shape index (κ1) is 9.45. The number of H-pyrrole nitrogens is 1. The number of carbonyl (C=O) groups is 1. The van der Waals surface area contributed by atoms with Gasteiger partial charge in [-0.15, -0.1) is 0 Å². The van der Waals surface area contributed by atoms with Crippen molar-refractivity contribution < 1.29 is 9.90 Å². The molecule has 2 rings (SSSR count). The third kappa shape index (κ3) is 1.50. The Labute approximate surface area is 84.2 Å². The summed E-state index contributed by atoms with van der Waals surface area (Å²) < 4.78 is 1.44. The number of nitrogens with one attached hydrogen (secondary N) is 1. The van der Waals surface area contributed by atoms with E-state index < -0.39 is 5.97 Å². The number of carboxylic acid groups (broad SMARTS) is 1. The number of aryl methyl sites for hydroxylation is 1. The van der Waals surface area contributed by atoms with Gasteiger partial charge >= 0.3 is 5.97 Å². The van der Waals surface area contributed by atoms with Crippen LogP contribution < -0.4 is 5.56 Å². The normalized spacial score (nSPS) is 10.7. The predicted octanol–water partition coefficient (Wildman–Crippen LogP) is -0.0419. The summed E-state index contributed by atoms with van der Waals surface area (Å²) in [5, 5.41) is 12.6. The Bertz CT molecular complexity index is 582. The Balaban J connectivity index is 2.75. The maximum Gasteiger partial charge on any atom is 0.307 e. The topological polar surface area (TPSA) is 87.5 Å². The smallest absolute Gasteiger partial charge is 0.307 e. The lowest BCUT2D eigenvalue weighted by Crippen LogP contribution is -2.13. The van der Waals surface area contributed by atoms with E-state index in [1.54, 1.807) is 13.0 Å². The summed E-state index contributed by atoms with van der Waals surface area (Å²) in [5.74, 6) is -0.967. The molecular formula is C9H9N3O3. The Hall–Kier alpha value is -2.11. The minimum atomic E-state index is -0.967. The van der Waals surface area contributed by atoms with Crippen molar-refractivity contribution in [2.24, 2.45) is 0 Å². The number of hydrogen-bond acceptors (Lipinski definition) is 3. The van der Waals surface area contributed by atoms with E-state index in [1.807, 2.05) is 0 Å². The van der Waals surface area contributed by atoms with E-state index in [4.69, 9.17) is 5.11 Å². The minimum Gasteiger partial charge on any atom is -0.481 e. The Morgan fingerprint density at radius 2 is 2.40 bits per heavy atom. The van der Waals surface area contributed by atoms with Crippen LogP contribution in [-0.4, -0.2) is 25.7 Å². The maximum absolute atomic E-state index is 11.5. The number of hydrogen-bond donors (Lipinski definition) is 2. The van der Waals surface area contributed by atoms with E-state index in [9.17, 15) is 9.59 Å². The second-order valence-corrected chi connectivity index (χ2v) is 3.26. The van der Waals surface area contributed by atoms with Crippen LogP contribution in [-0.2, 0) is 11.2 Å². The molecule has 15 heavy (non-hydrogen) atoms. The molecule has 0 spiro atoms. The van der Waals surface area contributed by atoms with E-state index in [0.717, 1.165) is 5.69 Å². The van der Waals surface area contributed by atoms with Crippen LogP contribution in [0.3, 0.4) is 0 Å². The Morgan fingerprint density at radius 3 is 3.07 bits per heavy atom. The van der Waals surface area contributed by atoms with Crippen molar-refractivity contribution in [1.82, 2.24) is 14.6 Å². The van der Waals surface area contributed by atoms with Gasteiger partial charge in [-0.2, -0.15) is 5.10 Å². The van der Waals surface area contributed by atoms with Gasteiger partial charge in [-0.25, -0.2) is 4.52 Å². The standard InChI is InChI=1S/C9H9N3O3/c1-5-2-6(3-7(13)14)8-9(15)10-4-11-12(5)8/h2,4H,3H2,1H3,(H,13,14)(H,10,11,15). The third-order valence-corrected chi connectivity index (χ3v) is 2.16. The second kappa shape index (κ2) is 3.23. The zero-order valence-corrected chi connectivity index (χ0v) is 8.02. The van der Waals surface area contributed by atoms with Crippen LogP contribution >= 0.6 is 0 Å². The molecule has 78 valence electrons. The molecule has 0 aliphatic rings. The lowest BCUT2D eigenvalue weighted by atomic mass is 10.2. The number of fused-ring (bicyclic) bond motifs is 1. The molecule has 0 aliphatic carbocycles. The summed E-state index contributed by atoms with van der Waals surface area (Å²) in [6.45, 7) is 1.77. The van der Waals surface area contributed by atoms with E-state index in [0.29, 0.717) is 11.1 Å². The van der Waals surface area contributed by atoms with Crippen LogP contribution in [0.5, 0.6) is 0 Å². The third-order valence-electron chi connectivity index (χ3n) is 2.16. The summed E-state index contributed by atoms with van der Waals surface area (Å²) >= 11 is 0. The zero-order chi connectivity index (χ0) is 11.0. The van der Waals surface area contributed by atoms with Crippen molar-refractivity contribution in [3.63, 3.8) is 0 Å². The number of rotatable bonds is 2. The van der Waals surface area contributed by atoms with Gasteiger partial charge in [0.25, 0.3) is 5.56 Å².